The van der Waals surface area contributed by atoms with Crippen LogP contribution in [0.25, 0.3) is 10.8 Å². The number of benzene rings is 2. The van der Waals surface area contributed by atoms with Crippen LogP contribution in [0.4, 0.5) is 11.6 Å². The summed E-state index contributed by atoms with van der Waals surface area (Å²) in [6, 6.07) is 14.1. The molecule has 3 aromatic rings. The van der Waals surface area contributed by atoms with Crippen LogP contribution in [0.15, 0.2) is 36.4 Å². The molecule has 7 nitrogen and oxygen atoms in total. The van der Waals surface area contributed by atoms with E-state index < -0.39 is 0 Å². The topological polar surface area (TPSA) is 94.3 Å². The van der Waals surface area contributed by atoms with Crippen LogP contribution in [0, 0.1) is 11.3 Å². The molecular formula is C25H27Cl2N5O2. The Balaban J connectivity index is 0.00000274. The predicted molar refractivity (Wildman–Crippen MR) is 136 cm³/mol. The highest BCUT2D eigenvalue weighted by atomic mass is 35.5. The molecule has 178 valence electrons. The maximum atomic E-state index is 10.3. The van der Waals surface area contributed by atoms with Crippen molar-refractivity contribution in [3.63, 3.8) is 0 Å². The molecule has 2 unspecified atom stereocenters. The van der Waals surface area contributed by atoms with Gasteiger partial charge in [-0.15, -0.1) is 22.6 Å². The molecule has 2 bridgehead atoms. The van der Waals surface area contributed by atoms with Crippen molar-refractivity contribution in [3.05, 3.63) is 52.5 Å². The molecule has 2 N–H and O–H groups in total. The number of hydrogen-bond donors (Lipinski definition) is 2. The van der Waals surface area contributed by atoms with Crippen molar-refractivity contribution in [2.45, 2.75) is 56.8 Å². The minimum atomic E-state index is -0.252. The summed E-state index contributed by atoms with van der Waals surface area (Å²) in [6.07, 6.45) is 4.53. The van der Waals surface area contributed by atoms with E-state index in [-0.39, 0.29) is 30.6 Å². The van der Waals surface area contributed by atoms with Gasteiger partial charge in [0.25, 0.3) is 0 Å². The summed E-state index contributed by atoms with van der Waals surface area (Å²) in [5, 5.41) is 34.7. The molecule has 2 aliphatic rings. The van der Waals surface area contributed by atoms with Gasteiger partial charge in [-0.3, -0.25) is 0 Å². The van der Waals surface area contributed by atoms with Crippen LogP contribution < -0.4 is 15.0 Å². The second-order valence-corrected chi connectivity index (χ2v) is 9.25. The Labute approximate surface area is 210 Å². The standard InChI is InChI=1S/C25H26ClN5O2.ClH/c1-33-23-8-6-16(10-22(23)26)14-28-24-21-9-15(13-27)5-7-20(21)25(30-29-24)31-17-3-2-4-18(31)12-19(32)11-17;/h5-10,17-19,32H,2-4,11-12,14H2,1H3,(H,28,29);1H. The maximum absolute atomic E-state index is 10.3. The third-order valence-corrected chi connectivity index (χ3v) is 7.06. The molecule has 2 aliphatic heterocycles. The number of anilines is 2. The lowest BCUT2D eigenvalue weighted by molar-refractivity contribution is 0.0925. The summed E-state index contributed by atoms with van der Waals surface area (Å²) in [5.74, 6) is 2.10. The number of nitrogens with zero attached hydrogens (tertiary/aromatic N) is 4. The van der Waals surface area contributed by atoms with Gasteiger partial charge in [0.15, 0.2) is 11.6 Å². The molecule has 2 fully saturated rings. The highest BCUT2D eigenvalue weighted by molar-refractivity contribution is 6.32. The number of fused-ring (bicyclic) bond motifs is 3. The third-order valence-electron chi connectivity index (χ3n) is 6.76. The zero-order valence-corrected chi connectivity index (χ0v) is 20.4. The van der Waals surface area contributed by atoms with E-state index in [0.717, 1.165) is 47.8 Å². The number of halogens is 2. The average molecular weight is 500 g/mol. The molecular weight excluding hydrogens is 473 g/mol. The zero-order chi connectivity index (χ0) is 22.9. The minimum Gasteiger partial charge on any atom is -0.495 e. The number of methoxy groups -OCH3 is 1. The summed E-state index contributed by atoms with van der Waals surface area (Å²) >= 11 is 6.27. The van der Waals surface area contributed by atoms with E-state index >= 15 is 0 Å². The zero-order valence-electron chi connectivity index (χ0n) is 18.9. The Bertz CT molecular complexity index is 1220. The minimum absolute atomic E-state index is 0. The Morgan fingerprint density at radius 2 is 1.91 bits per heavy atom. The smallest absolute Gasteiger partial charge is 0.159 e. The molecule has 2 atom stereocenters. The molecule has 5 rings (SSSR count). The van der Waals surface area contributed by atoms with E-state index in [2.05, 4.69) is 26.5 Å². The van der Waals surface area contributed by atoms with Gasteiger partial charge in [0.2, 0.25) is 0 Å². The van der Waals surface area contributed by atoms with Gasteiger partial charge in [0.1, 0.15) is 5.75 Å². The van der Waals surface area contributed by atoms with Crippen LogP contribution >= 0.6 is 24.0 Å². The Hall–Kier alpha value is -2.79. The van der Waals surface area contributed by atoms with E-state index in [9.17, 15) is 10.4 Å². The second kappa shape index (κ2) is 10.2. The molecule has 2 aromatic carbocycles. The monoisotopic (exact) mass is 499 g/mol. The normalized spacial score (nSPS) is 21.5. The fraction of sp³-hybridized carbons (Fsp3) is 0.400. The van der Waals surface area contributed by atoms with Gasteiger partial charge in [-0.1, -0.05) is 17.7 Å². The Morgan fingerprint density at radius 1 is 1.15 bits per heavy atom. The lowest BCUT2D eigenvalue weighted by atomic mass is 9.82. The number of hydrogen-bond acceptors (Lipinski definition) is 7. The number of nitriles is 1. The molecule has 0 amide bonds. The van der Waals surface area contributed by atoms with Gasteiger partial charge in [0, 0.05) is 29.4 Å². The third kappa shape index (κ3) is 4.58. The summed E-state index contributed by atoms with van der Waals surface area (Å²) in [6.45, 7) is 0.505. The van der Waals surface area contributed by atoms with Crippen LogP contribution in [-0.2, 0) is 6.54 Å². The van der Waals surface area contributed by atoms with Gasteiger partial charge in [-0.05, 0) is 68.0 Å². The van der Waals surface area contributed by atoms with Crippen molar-refractivity contribution in [1.29, 1.82) is 5.26 Å². The first-order chi connectivity index (χ1) is 16.1. The van der Waals surface area contributed by atoms with E-state index in [1.165, 1.54) is 6.42 Å². The van der Waals surface area contributed by atoms with Gasteiger partial charge in [-0.2, -0.15) is 5.26 Å². The SMILES string of the molecule is COc1ccc(CNc2nnc(N3C4CCCC3CC(O)C4)c3ccc(C#N)cc23)cc1Cl.Cl. The van der Waals surface area contributed by atoms with Crippen molar-refractivity contribution in [1.82, 2.24) is 10.2 Å². The molecule has 9 heteroatoms. The first-order valence-electron chi connectivity index (χ1n) is 11.3. The number of aromatic nitrogens is 2. The van der Waals surface area contributed by atoms with Gasteiger partial charge < -0.3 is 20.1 Å². The van der Waals surface area contributed by atoms with Crippen LogP contribution in [-0.4, -0.2) is 40.6 Å². The fourth-order valence-electron chi connectivity index (χ4n) is 5.24. The van der Waals surface area contributed by atoms with Crippen molar-refractivity contribution in [2.24, 2.45) is 0 Å². The number of aliphatic hydroxyl groups excluding tert-OH is 1. The van der Waals surface area contributed by atoms with Crippen LogP contribution in [0.5, 0.6) is 5.75 Å². The van der Waals surface area contributed by atoms with Crippen molar-refractivity contribution >= 4 is 46.4 Å². The summed E-state index contributed by atoms with van der Waals surface area (Å²) in [7, 11) is 1.59. The summed E-state index contributed by atoms with van der Waals surface area (Å²) < 4.78 is 5.23. The molecule has 0 spiro atoms. The molecule has 0 radical (unpaired) electrons. The highest BCUT2D eigenvalue weighted by Crippen LogP contribution is 2.40. The quantitative estimate of drug-likeness (QED) is 0.505. The average Bonchev–Trinajstić information content (AvgIpc) is 2.82. The summed E-state index contributed by atoms with van der Waals surface area (Å²) in [4.78, 5) is 2.37. The van der Waals surface area contributed by atoms with Crippen molar-refractivity contribution in [3.8, 4) is 11.8 Å². The van der Waals surface area contributed by atoms with Gasteiger partial charge in [-0.25, -0.2) is 0 Å². The van der Waals surface area contributed by atoms with E-state index in [1.807, 2.05) is 36.4 Å². The van der Waals surface area contributed by atoms with Crippen molar-refractivity contribution in [2.75, 3.05) is 17.3 Å². The maximum Gasteiger partial charge on any atom is 0.159 e. The van der Waals surface area contributed by atoms with Crippen LogP contribution in [0.1, 0.15) is 43.2 Å². The molecule has 0 aliphatic carbocycles. The molecule has 0 saturated carbocycles. The second-order valence-electron chi connectivity index (χ2n) is 8.84. The number of rotatable bonds is 5. The highest BCUT2D eigenvalue weighted by Gasteiger charge is 2.39. The molecule has 3 heterocycles. The number of ether oxygens (including phenoxy) is 1. The van der Waals surface area contributed by atoms with E-state index in [4.69, 9.17) is 16.3 Å². The first kappa shape index (κ1) is 24.3. The number of piperidine rings is 2. The first-order valence-corrected chi connectivity index (χ1v) is 11.7. The molecule has 1 aromatic heterocycles. The van der Waals surface area contributed by atoms with Crippen LogP contribution in [0.3, 0.4) is 0 Å². The fourth-order valence-corrected chi connectivity index (χ4v) is 5.52. The lowest BCUT2D eigenvalue weighted by Crippen LogP contribution is -2.54. The van der Waals surface area contributed by atoms with Crippen molar-refractivity contribution < 1.29 is 9.84 Å². The Morgan fingerprint density at radius 3 is 2.59 bits per heavy atom. The lowest BCUT2D eigenvalue weighted by Gasteiger charge is -2.48. The van der Waals surface area contributed by atoms with E-state index in [0.29, 0.717) is 28.7 Å². The predicted octanol–water partition coefficient (Wildman–Crippen LogP) is 5.08. The van der Waals surface area contributed by atoms with Gasteiger partial charge >= 0.3 is 0 Å². The molecule has 2 saturated heterocycles. The summed E-state index contributed by atoms with van der Waals surface area (Å²) in [5.41, 5.74) is 1.56. The van der Waals surface area contributed by atoms with E-state index in [1.54, 1.807) is 7.11 Å². The molecule has 34 heavy (non-hydrogen) atoms. The van der Waals surface area contributed by atoms with Crippen LogP contribution in [0.2, 0.25) is 5.02 Å². The number of aliphatic hydroxyl groups is 1. The largest absolute Gasteiger partial charge is 0.495 e. The number of nitrogens with one attached hydrogen (secondary N) is 1. The van der Waals surface area contributed by atoms with Gasteiger partial charge in [0.05, 0.1) is 29.9 Å². The Kier molecular flexibility index (Phi) is 7.32.